The third-order valence-corrected chi connectivity index (χ3v) is 7.91. The first kappa shape index (κ1) is 25.6. The highest BCUT2D eigenvalue weighted by molar-refractivity contribution is 8.16. The minimum atomic E-state index is -3.68. The first-order valence-electron chi connectivity index (χ1n) is 11.3. The summed E-state index contributed by atoms with van der Waals surface area (Å²) in [6.45, 7) is 6.55. The molecule has 2 aliphatic heterocycles. The quantitative estimate of drug-likeness (QED) is 0.311. The van der Waals surface area contributed by atoms with Crippen LogP contribution in [0.25, 0.3) is 6.08 Å². The molecule has 2 aliphatic rings. The number of rotatable bonds is 8. The van der Waals surface area contributed by atoms with E-state index in [0.717, 1.165) is 33.7 Å². The van der Waals surface area contributed by atoms with Gasteiger partial charge in [-0.1, -0.05) is 31.2 Å². The number of aryl methyl sites for hydroxylation is 2. The molecular weight excluding hydrogens is 500 g/mol. The number of nitrogens with one attached hydrogen (secondary N) is 1. The van der Waals surface area contributed by atoms with Gasteiger partial charge in [0.2, 0.25) is 20.2 Å². The maximum absolute atomic E-state index is 12.5. The van der Waals surface area contributed by atoms with Gasteiger partial charge < -0.3 is 9.47 Å². The molecule has 2 aromatic rings. The van der Waals surface area contributed by atoms with Crippen LogP contribution in [0.3, 0.4) is 0 Å². The van der Waals surface area contributed by atoms with Gasteiger partial charge in [0, 0.05) is 6.42 Å². The Morgan fingerprint density at radius 1 is 1.08 bits per heavy atom. The Labute approximate surface area is 214 Å². The third-order valence-electron chi connectivity index (χ3n) is 5.50. The zero-order chi connectivity index (χ0) is 25.9. The van der Waals surface area contributed by atoms with Crippen molar-refractivity contribution in [1.29, 1.82) is 5.41 Å². The molecular formula is C25H26N4O5S2. The summed E-state index contributed by atoms with van der Waals surface area (Å²) >= 11 is 0.776. The molecule has 0 spiro atoms. The van der Waals surface area contributed by atoms with Crippen molar-refractivity contribution in [3.05, 3.63) is 64.7 Å². The summed E-state index contributed by atoms with van der Waals surface area (Å²) in [4.78, 5) is 17.5. The number of sulfone groups is 1. The molecule has 0 bridgehead atoms. The highest BCUT2D eigenvalue weighted by atomic mass is 32.2. The number of hydrogen-bond acceptors (Lipinski definition) is 8. The predicted molar refractivity (Wildman–Crippen MR) is 142 cm³/mol. The van der Waals surface area contributed by atoms with Gasteiger partial charge in [-0.2, -0.15) is 9.39 Å². The van der Waals surface area contributed by atoms with Crippen molar-refractivity contribution in [2.24, 2.45) is 9.39 Å². The van der Waals surface area contributed by atoms with Crippen LogP contribution in [-0.4, -0.2) is 54.4 Å². The van der Waals surface area contributed by atoms with Gasteiger partial charge in [-0.05, 0) is 54.8 Å². The number of amidine groups is 3. The topological polar surface area (TPSA) is 121 Å². The van der Waals surface area contributed by atoms with Crippen molar-refractivity contribution < 1.29 is 22.7 Å². The van der Waals surface area contributed by atoms with Crippen LogP contribution in [0.2, 0.25) is 0 Å². The van der Waals surface area contributed by atoms with E-state index in [1.54, 1.807) is 24.3 Å². The fourth-order valence-electron chi connectivity index (χ4n) is 3.45. The van der Waals surface area contributed by atoms with Crippen LogP contribution in [-0.2, 0) is 14.6 Å². The first-order chi connectivity index (χ1) is 17.2. The third kappa shape index (κ3) is 5.52. The fourth-order valence-corrected chi connectivity index (χ4v) is 5.41. The van der Waals surface area contributed by atoms with Crippen LogP contribution in [0.1, 0.15) is 30.0 Å². The van der Waals surface area contributed by atoms with E-state index < -0.39 is 15.7 Å². The molecule has 0 saturated heterocycles. The van der Waals surface area contributed by atoms with Gasteiger partial charge >= 0.3 is 0 Å². The number of ether oxygens (including phenoxy) is 2. The van der Waals surface area contributed by atoms with E-state index in [2.05, 4.69) is 15.5 Å². The minimum Gasteiger partial charge on any atom is -0.493 e. The second-order valence-corrected chi connectivity index (χ2v) is 11.1. The summed E-state index contributed by atoms with van der Waals surface area (Å²) in [6, 6.07) is 13.2. The Morgan fingerprint density at radius 2 is 1.81 bits per heavy atom. The predicted octanol–water partition coefficient (Wildman–Crippen LogP) is 4.16. The molecule has 2 aromatic carbocycles. The van der Waals surface area contributed by atoms with Gasteiger partial charge in [0.15, 0.2) is 0 Å². The number of aliphatic imine (C=N–C) groups is 1. The van der Waals surface area contributed by atoms with Crippen molar-refractivity contribution in [3.8, 4) is 11.5 Å². The lowest BCUT2D eigenvalue weighted by Gasteiger charge is -2.24. The summed E-state index contributed by atoms with van der Waals surface area (Å²) in [5, 5.41) is 8.25. The first-order valence-corrected chi connectivity index (χ1v) is 13.8. The normalized spacial score (nSPS) is 16.6. The number of hydrogen-bond donors (Lipinski definition) is 1. The van der Waals surface area contributed by atoms with Gasteiger partial charge in [0.05, 0.1) is 36.5 Å². The number of fused-ring (bicyclic) bond motifs is 1. The molecule has 0 aromatic heterocycles. The number of nitrogens with zero attached hydrogens (tertiary/aromatic N) is 3. The van der Waals surface area contributed by atoms with E-state index >= 15 is 0 Å². The van der Waals surface area contributed by atoms with Crippen molar-refractivity contribution in [2.45, 2.75) is 27.2 Å². The van der Waals surface area contributed by atoms with Gasteiger partial charge in [-0.15, -0.1) is 0 Å². The van der Waals surface area contributed by atoms with E-state index in [1.807, 2.05) is 26.0 Å². The molecule has 2 heterocycles. The maximum Gasteiger partial charge on any atom is 0.283 e. The second kappa shape index (κ2) is 10.7. The molecule has 4 rings (SSSR count). The van der Waals surface area contributed by atoms with E-state index in [0.29, 0.717) is 30.9 Å². The van der Waals surface area contributed by atoms with Crippen LogP contribution in [0.4, 0.5) is 0 Å². The Balaban J connectivity index is 1.36. The van der Waals surface area contributed by atoms with Gasteiger partial charge in [-0.3, -0.25) is 10.2 Å². The van der Waals surface area contributed by atoms with Crippen LogP contribution >= 0.6 is 11.9 Å². The highest BCUT2D eigenvalue weighted by Crippen LogP contribution is 2.30. The molecule has 1 amide bonds. The summed E-state index contributed by atoms with van der Waals surface area (Å²) in [6.07, 6.45) is 2.22. The average Bonchev–Trinajstić information content (AvgIpc) is 3.29. The molecule has 0 aliphatic carbocycles. The van der Waals surface area contributed by atoms with Gasteiger partial charge in [0.25, 0.3) is 5.91 Å². The van der Waals surface area contributed by atoms with Gasteiger partial charge in [0.1, 0.15) is 17.3 Å². The van der Waals surface area contributed by atoms with E-state index in [9.17, 15) is 13.2 Å². The number of amides is 1. The fraction of sp³-hybridized carbons (Fsp3) is 0.280. The molecule has 0 unspecified atom stereocenters. The average molecular weight is 527 g/mol. The van der Waals surface area contributed by atoms with E-state index in [1.165, 1.54) is 13.0 Å². The molecule has 188 valence electrons. The summed E-state index contributed by atoms with van der Waals surface area (Å²) in [7, 11) is -3.68. The smallest absolute Gasteiger partial charge is 0.283 e. The van der Waals surface area contributed by atoms with Crippen molar-refractivity contribution in [2.75, 3.05) is 19.0 Å². The number of carbonyl (C=O) groups excluding carboxylic acids is 1. The SMILES string of the molecule is CCS(=O)(=O)C1=NSC2=NC(=O)/C(=C\c3ccc(OCCCOc4cc(C)ccc4C)cc3)C(=N)N21. The lowest BCUT2D eigenvalue weighted by Crippen LogP contribution is -2.45. The minimum absolute atomic E-state index is 0.0162. The van der Waals surface area contributed by atoms with Gasteiger partial charge in [-0.25, -0.2) is 13.3 Å². The Morgan fingerprint density at radius 3 is 2.53 bits per heavy atom. The highest BCUT2D eigenvalue weighted by Gasteiger charge is 2.42. The molecule has 1 N–H and O–H groups in total. The van der Waals surface area contributed by atoms with Crippen molar-refractivity contribution in [3.63, 3.8) is 0 Å². The van der Waals surface area contributed by atoms with E-state index in [4.69, 9.17) is 14.9 Å². The maximum atomic E-state index is 12.5. The molecule has 0 saturated carbocycles. The molecule has 36 heavy (non-hydrogen) atoms. The monoisotopic (exact) mass is 526 g/mol. The number of benzene rings is 2. The standard InChI is InChI=1S/C25H26N4O5S2/c1-4-36(31,32)25-28-35-24-27-23(30)20(22(26)29(24)25)15-18-8-10-19(11-9-18)33-12-5-13-34-21-14-16(2)6-7-17(21)3/h6-11,14-15,26H,4-5,12-13H2,1-3H3/b20-15-,26-22?. The van der Waals surface area contributed by atoms with Crippen molar-refractivity contribution >= 4 is 49.9 Å². The molecule has 0 atom stereocenters. The van der Waals surface area contributed by atoms with Crippen LogP contribution in [0.5, 0.6) is 11.5 Å². The lowest BCUT2D eigenvalue weighted by atomic mass is 10.1. The van der Waals surface area contributed by atoms with Crippen molar-refractivity contribution in [1.82, 2.24) is 4.90 Å². The summed E-state index contributed by atoms with van der Waals surface area (Å²) in [5.74, 6) is 0.483. The van der Waals surface area contributed by atoms with Crippen LogP contribution < -0.4 is 9.47 Å². The summed E-state index contributed by atoms with van der Waals surface area (Å²) < 4.78 is 40.2. The van der Waals surface area contributed by atoms with Crippen LogP contribution in [0, 0.1) is 19.3 Å². The molecule has 0 radical (unpaired) electrons. The zero-order valence-corrected chi connectivity index (χ0v) is 21.8. The van der Waals surface area contributed by atoms with E-state index in [-0.39, 0.29) is 27.5 Å². The Kier molecular flexibility index (Phi) is 7.60. The summed E-state index contributed by atoms with van der Waals surface area (Å²) in [5.41, 5.74) is 2.88. The number of carbonyl (C=O) groups is 1. The Hall–Kier alpha value is -3.44. The largest absolute Gasteiger partial charge is 0.493 e. The Bertz CT molecular complexity index is 1400. The molecule has 9 nitrogen and oxygen atoms in total. The molecule has 0 fully saturated rings. The lowest BCUT2D eigenvalue weighted by molar-refractivity contribution is -0.114. The zero-order valence-electron chi connectivity index (χ0n) is 20.1. The second-order valence-electron chi connectivity index (χ2n) is 8.20. The molecule has 11 heteroatoms. The van der Waals surface area contributed by atoms with Crippen LogP contribution in [0.15, 0.2) is 57.4 Å².